The molecule has 4 heteroatoms. The van der Waals surface area contributed by atoms with Gasteiger partial charge in [0.2, 0.25) is 0 Å². The largest absolute Gasteiger partial charge is 0.355 e. The summed E-state index contributed by atoms with van der Waals surface area (Å²) in [5, 5.41) is 2.51. The number of H-pyrrole nitrogens is 2. The topological polar surface area (TPSA) is 31.6 Å². The van der Waals surface area contributed by atoms with Crippen molar-refractivity contribution in [1.82, 2.24) is 9.97 Å². The van der Waals surface area contributed by atoms with E-state index in [4.69, 9.17) is 0 Å². The minimum atomic E-state index is 1.26. The molecule has 0 aliphatic carbocycles. The van der Waals surface area contributed by atoms with Crippen molar-refractivity contribution >= 4 is 21.6 Å². The van der Waals surface area contributed by atoms with E-state index >= 15 is 0 Å². The van der Waals surface area contributed by atoms with Gasteiger partial charge in [-0.25, -0.2) is 0 Å². The number of rotatable bonds is 0. The van der Waals surface area contributed by atoms with Crippen LogP contribution >= 0.6 is 21.6 Å². The molecule has 0 radical (unpaired) electrons. The maximum atomic E-state index is 3.22. The summed E-state index contributed by atoms with van der Waals surface area (Å²) < 4.78 is 0. The number of nitrogens with one attached hydrogen (secondary N) is 2. The van der Waals surface area contributed by atoms with Crippen molar-refractivity contribution in [1.29, 1.82) is 0 Å². The van der Waals surface area contributed by atoms with Crippen LogP contribution in [0.2, 0.25) is 0 Å². The van der Waals surface area contributed by atoms with Crippen LogP contribution in [0.25, 0.3) is 11.1 Å². The molecule has 0 atom stereocenters. The van der Waals surface area contributed by atoms with Crippen molar-refractivity contribution in [2.75, 3.05) is 0 Å². The number of hydrogen-bond donors (Lipinski definition) is 2. The average Bonchev–Trinajstić information content (AvgIpc) is 2.71. The van der Waals surface area contributed by atoms with E-state index in [2.05, 4.69) is 22.1 Å². The molecule has 1 aliphatic rings. The van der Waals surface area contributed by atoms with Gasteiger partial charge in [-0.1, -0.05) is 0 Å². The Balaban J connectivity index is 2.32. The summed E-state index contributed by atoms with van der Waals surface area (Å²) in [6, 6.07) is 4.24. The Labute approximate surface area is 77.5 Å². The molecular formula is C8H6N2S2. The third kappa shape index (κ3) is 0.791. The summed E-state index contributed by atoms with van der Waals surface area (Å²) >= 11 is 0. The first kappa shape index (κ1) is 6.74. The van der Waals surface area contributed by atoms with Gasteiger partial charge in [0.1, 0.15) is 0 Å². The summed E-state index contributed by atoms with van der Waals surface area (Å²) in [6.45, 7) is 0. The fraction of sp³-hybridized carbons (Fsp3) is 0. The van der Waals surface area contributed by atoms with Gasteiger partial charge < -0.3 is 9.97 Å². The number of hydrogen-bond acceptors (Lipinski definition) is 2. The molecule has 1 aliphatic heterocycles. The second kappa shape index (κ2) is 2.37. The van der Waals surface area contributed by atoms with Crippen LogP contribution in [-0.2, 0) is 0 Å². The molecule has 0 saturated carbocycles. The van der Waals surface area contributed by atoms with Crippen LogP contribution in [0.15, 0.2) is 34.6 Å². The van der Waals surface area contributed by atoms with E-state index in [0.717, 1.165) is 0 Å². The van der Waals surface area contributed by atoms with Crippen molar-refractivity contribution in [3.8, 4) is 11.1 Å². The second-order valence-corrected chi connectivity index (χ2v) is 4.76. The van der Waals surface area contributed by atoms with Crippen molar-refractivity contribution in [3.63, 3.8) is 0 Å². The first-order valence-electron chi connectivity index (χ1n) is 3.65. The Morgan fingerprint density at radius 2 is 1.33 bits per heavy atom. The van der Waals surface area contributed by atoms with Crippen LogP contribution in [0.1, 0.15) is 0 Å². The SMILES string of the molecule is c1cc2c([nH]1)SSc1[nH]ccc1-2. The van der Waals surface area contributed by atoms with Crippen LogP contribution in [0, 0.1) is 0 Å². The van der Waals surface area contributed by atoms with Crippen LogP contribution in [0.3, 0.4) is 0 Å². The van der Waals surface area contributed by atoms with E-state index in [0.29, 0.717) is 0 Å². The molecule has 0 saturated heterocycles. The van der Waals surface area contributed by atoms with Gasteiger partial charge in [0.25, 0.3) is 0 Å². The Morgan fingerprint density at radius 1 is 0.833 bits per heavy atom. The zero-order chi connectivity index (χ0) is 7.97. The Bertz CT molecular complexity index is 376. The summed E-state index contributed by atoms with van der Waals surface area (Å²) in [5.74, 6) is 0. The van der Waals surface area contributed by atoms with E-state index in [1.54, 1.807) is 21.6 Å². The van der Waals surface area contributed by atoms with Crippen LogP contribution < -0.4 is 0 Å². The molecule has 0 amide bonds. The molecule has 0 fully saturated rings. The van der Waals surface area contributed by atoms with E-state index in [9.17, 15) is 0 Å². The molecule has 3 rings (SSSR count). The summed E-state index contributed by atoms with van der Waals surface area (Å²) in [5.41, 5.74) is 2.63. The number of fused-ring (bicyclic) bond motifs is 3. The van der Waals surface area contributed by atoms with E-state index in [1.807, 2.05) is 12.4 Å². The Kier molecular flexibility index (Phi) is 1.33. The first-order chi connectivity index (χ1) is 5.95. The lowest BCUT2D eigenvalue weighted by Crippen LogP contribution is -1.82. The number of aromatic nitrogens is 2. The van der Waals surface area contributed by atoms with Gasteiger partial charge in [0, 0.05) is 23.5 Å². The number of aromatic amines is 2. The summed E-state index contributed by atoms with van der Waals surface area (Å²) in [6.07, 6.45) is 3.97. The maximum Gasteiger partial charge on any atom is 0.0913 e. The minimum Gasteiger partial charge on any atom is -0.355 e. The normalized spacial score (nSPS) is 14.0. The Morgan fingerprint density at radius 3 is 1.83 bits per heavy atom. The van der Waals surface area contributed by atoms with Crippen LogP contribution in [-0.4, -0.2) is 9.97 Å². The molecule has 2 nitrogen and oxygen atoms in total. The van der Waals surface area contributed by atoms with E-state index in [-0.39, 0.29) is 0 Å². The molecule has 2 aromatic rings. The smallest absolute Gasteiger partial charge is 0.0913 e. The lowest BCUT2D eigenvalue weighted by Gasteiger charge is -2.09. The van der Waals surface area contributed by atoms with Gasteiger partial charge in [-0.15, -0.1) is 0 Å². The predicted octanol–water partition coefficient (Wildman–Crippen LogP) is 3.12. The van der Waals surface area contributed by atoms with E-state index < -0.39 is 0 Å². The summed E-state index contributed by atoms with van der Waals surface area (Å²) in [4.78, 5) is 6.43. The lowest BCUT2D eigenvalue weighted by molar-refractivity contribution is 1.18. The quantitative estimate of drug-likeness (QED) is 0.631. The zero-order valence-electron chi connectivity index (χ0n) is 6.13. The first-order valence-corrected chi connectivity index (χ1v) is 5.80. The monoisotopic (exact) mass is 194 g/mol. The fourth-order valence-electron chi connectivity index (χ4n) is 1.35. The summed E-state index contributed by atoms with van der Waals surface area (Å²) in [7, 11) is 3.55. The average molecular weight is 194 g/mol. The molecule has 2 aromatic heterocycles. The van der Waals surface area contributed by atoms with Crippen molar-refractivity contribution in [3.05, 3.63) is 24.5 Å². The van der Waals surface area contributed by atoms with Gasteiger partial charge in [-0.3, -0.25) is 0 Å². The maximum absolute atomic E-state index is 3.22. The third-order valence-electron chi connectivity index (χ3n) is 1.92. The van der Waals surface area contributed by atoms with E-state index in [1.165, 1.54) is 21.2 Å². The van der Waals surface area contributed by atoms with Crippen molar-refractivity contribution < 1.29 is 0 Å². The highest BCUT2D eigenvalue weighted by atomic mass is 33.1. The highest BCUT2D eigenvalue weighted by Crippen LogP contribution is 2.49. The minimum absolute atomic E-state index is 1.26. The van der Waals surface area contributed by atoms with Crippen LogP contribution in [0.4, 0.5) is 0 Å². The molecule has 2 N–H and O–H groups in total. The molecular weight excluding hydrogens is 188 g/mol. The molecule has 0 aromatic carbocycles. The van der Waals surface area contributed by atoms with Gasteiger partial charge >= 0.3 is 0 Å². The highest BCUT2D eigenvalue weighted by molar-refractivity contribution is 8.76. The van der Waals surface area contributed by atoms with Crippen molar-refractivity contribution in [2.24, 2.45) is 0 Å². The molecule has 3 heterocycles. The molecule has 0 unspecified atom stereocenters. The standard InChI is InChI=1S/C8H6N2S2/c1-3-9-7-5(1)6-2-4-10-8(6)12-11-7/h1-4,9-10H. The predicted molar refractivity (Wildman–Crippen MR) is 52.3 cm³/mol. The second-order valence-electron chi connectivity index (χ2n) is 2.61. The third-order valence-corrected chi connectivity index (χ3v) is 4.26. The van der Waals surface area contributed by atoms with Gasteiger partial charge in [-0.2, -0.15) is 0 Å². The highest BCUT2D eigenvalue weighted by Gasteiger charge is 2.18. The Hall–Kier alpha value is -0.740. The zero-order valence-corrected chi connectivity index (χ0v) is 7.76. The lowest BCUT2D eigenvalue weighted by atomic mass is 10.2. The molecule has 0 spiro atoms. The molecule has 60 valence electrons. The van der Waals surface area contributed by atoms with Gasteiger partial charge in [-0.05, 0) is 33.7 Å². The van der Waals surface area contributed by atoms with Crippen molar-refractivity contribution in [2.45, 2.75) is 10.1 Å². The molecule has 0 bridgehead atoms. The van der Waals surface area contributed by atoms with Crippen LogP contribution in [0.5, 0.6) is 0 Å². The van der Waals surface area contributed by atoms with Gasteiger partial charge in [0.15, 0.2) is 0 Å². The fourth-order valence-corrected chi connectivity index (χ4v) is 3.62. The van der Waals surface area contributed by atoms with Gasteiger partial charge in [0.05, 0.1) is 10.1 Å². The molecule has 12 heavy (non-hydrogen) atoms.